The van der Waals surface area contributed by atoms with Crippen molar-refractivity contribution in [2.45, 2.75) is 6.04 Å². The van der Waals surface area contributed by atoms with E-state index in [0.717, 1.165) is 39.3 Å². The van der Waals surface area contributed by atoms with Crippen molar-refractivity contribution < 1.29 is 9.90 Å². The number of carboxylic acids is 1. The van der Waals surface area contributed by atoms with Gasteiger partial charge in [-0.2, -0.15) is 0 Å². The molecular weight excluding hydrogens is 196 g/mol. The number of hydrogen-bond donors (Lipinski definition) is 5. The van der Waals surface area contributed by atoms with Crippen molar-refractivity contribution >= 4 is 5.97 Å². The summed E-state index contributed by atoms with van der Waals surface area (Å²) in [7, 11) is 0. The summed E-state index contributed by atoms with van der Waals surface area (Å²) in [5, 5.41) is 20.7. The van der Waals surface area contributed by atoms with E-state index in [9.17, 15) is 4.79 Å². The Balaban J connectivity index is 0.000000162. The van der Waals surface area contributed by atoms with Crippen LogP contribution in [0.1, 0.15) is 0 Å². The van der Waals surface area contributed by atoms with Crippen LogP contribution in [0.2, 0.25) is 0 Å². The number of nitrogens with one attached hydrogen (secondary N) is 4. The topological polar surface area (TPSA) is 85.4 Å². The fraction of sp³-hybridized carbons (Fsp3) is 0.889. The summed E-state index contributed by atoms with van der Waals surface area (Å²) in [5.74, 6) is -0.776. The van der Waals surface area contributed by atoms with Crippen LogP contribution in [0.5, 0.6) is 0 Å². The molecule has 0 amide bonds. The monoisotopic (exact) mass is 216 g/mol. The molecule has 2 fully saturated rings. The zero-order valence-corrected chi connectivity index (χ0v) is 8.88. The van der Waals surface area contributed by atoms with Crippen LogP contribution in [-0.4, -0.2) is 62.9 Å². The van der Waals surface area contributed by atoms with E-state index in [-0.39, 0.29) is 0 Å². The highest BCUT2D eigenvalue weighted by molar-refractivity contribution is 5.73. The van der Waals surface area contributed by atoms with Gasteiger partial charge in [0.15, 0.2) is 0 Å². The molecule has 88 valence electrons. The van der Waals surface area contributed by atoms with Crippen LogP contribution < -0.4 is 21.3 Å². The zero-order chi connectivity index (χ0) is 10.9. The van der Waals surface area contributed by atoms with Crippen molar-refractivity contribution in [1.29, 1.82) is 0 Å². The Morgan fingerprint density at radius 3 is 1.73 bits per heavy atom. The van der Waals surface area contributed by atoms with Gasteiger partial charge in [-0.05, 0) is 0 Å². The smallest absolute Gasteiger partial charge is 0.322 e. The first kappa shape index (κ1) is 12.4. The fourth-order valence-electron chi connectivity index (χ4n) is 1.43. The molecule has 6 nitrogen and oxygen atoms in total. The van der Waals surface area contributed by atoms with Crippen LogP contribution in [0.25, 0.3) is 0 Å². The minimum Gasteiger partial charge on any atom is -0.480 e. The molecule has 0 saturated carbocycles. The number of aliphatic carboxylic acids is 1. The normalized spacial score (nSPS) is 26.3. The fourth-order valence-corrected chi connectivity index (χ4v) is 1.43. The highest BCUT2D eigenvalue weighted by Crippen LogP contribution is 1.84. The van der Waals surface area contributed by atoms with Crippen molar-refractivity contribution in [2.24, 2.45) is 0 Å². The predicted octanol–water partition coefficient (Wildman–Crippen LogP) is -2.19. The Kier molecular flexibility index (Phi) is 6.26. The molecule has 2 aliphatic rings. The molecule has 1 atom stereocenters. The molecule has 1 unspecified atom stereocenters. The third-order valence-corrected chi connectivity index (χ3v) is 2.30. The van der Waals surface area contributed by atoms with Gasteiger partial charge in [-0.15, -0.1) is 0 Å². The summed E-state index contributed by atoms with van der Waals surface area (Å²) < 4.78 is 0. The van der Waals surface area contributed by atoms with Crippen LogP contribution in [-0.2, 0) is 4.79 Å². The molecule has 2 rings (SSSR count). The van der Waals surface area contributed by atoms with E-state index in [1.165, 1.54) is 0 Å². The van der Waals surface area contributed by atoms with E-state index < -0.39 is 12.0 Å². The number of piperazine rings is 2. The maximum atomic E-state index is 10.3. The maximum absolute atomic E-state index is 10.3. The number of rotatable bonds is 1. The standard InChI is InChI=1S/C5H10N2O2.C4H10N2/c8-5(9)4-3-6-1-2-7-4;1-2-6-4-3-5-1/h4,6-7H,1-3H2,(H,8,9);5-6H,1-4H2. The van der Waals surface area contributed by atoms with Gasteiger partial charge in [-0.1, -0.05) is 0 Å². The second-order valence-electron chi connectivity index (χ2n) is 3.55. The van der Waals surface area contributed by atoms with Crippen molar-refractivity contribution in [3.05, 3.63) is 0 Å². The van der Waals surface area contributed by atoms with Gasteiger partial charge >= 0.3 is 5.97 Å². The molecule has 2 heterocycles. The molecule has 2 aliphatic heterocycles. The van der Waals surface area contributed by atoms with Gasteiger partial charge in [0, 0.05) is 45.8 Å². The van der Waals surface area contributed by atoms with E-state index in [2.05, 4.69) is 21.3 Å². The summed E-state index contributed by atoms with van der Waals surface area (Å²) in [4.78, 5) is 10.3. The third-order valence-electron chi connectivity index (χ3n) is 2.30. The molecule has 15 heavy (non-hydrogen) atoms. The number of hydrogen-bond acceptors (Lipinski definition) is 5. The van der Waals surface area contributed by atoms with E-state index in [0.29, 0.717) is 6.54 Å². The number of carboxylic acid groups (broad SMARTS) is 1. The zero-order valence-electron chi connectivity index (χ0n) is 8.88. The second-order valence-corrected chi connectivity index (χ2v) is 3.55. The van der Waals surface area contributed by atoms with Gasteiger partial charge in [0.1, 0.15) is 6.04 Å². The summed E-state index contributed by atoms with van der Waals surface area (Å²) in [5.41, 5.74) is 0. The lowest BCUT2D eigenvalue weighted by molar-refractivity contribution is -0.139. The molecule has 0 aromatic heterocycles. The summed E-state index contributed by atoms with van der Waals surface area (Å²) in [6, 6.07) is -0.390. The molecule has 0 spiro atoms. The predicted molar refractivity (Wildman–Crippen MR) is 58.0 cm³/mol. The van der Waals surface area contributed by atoms with Crippen molar-refractivity contribution in [1.82, 2.24) is 21.3 Å². The second kappa shape index (κ2) is 7.58. The van der Waals surface area contributed by atoms with Crippen LogP contribution in [0.4, 0.5) is 0 Å². The van der Waals surface area contributed by atoms with Crippen molar-refractivity contribution in [3.63, 3.8) is 0 Å². The van der Waals surface area contributed by atoms with Crippen LogP contribution in [0.15, 0.2) is 0 Å². The molecule has 0 aliphatic carbocycles. The van der Waals surface area contributed by atoms with Gasteiger partial charge < -0.3 is 26.4 Å². The summed E-state index contributed by atoms with van der Waals surface area (Å²) >= 11 is 0. The molecule has 0 radical (unpaired) electrons. The van der Waals surface area contributed by atoms with E-state index >= 15 is 0 Å². The Hall–Kier alpha value is -0.690. The first-order valence-electron chi connectivity index (χ1n) is 5.39. The van der Waals surface area contributed by atoms with Crippen LogP contribution >= 0.6 is 0 Å². The third kappa shape index (κ3) is 5.68. The Labute approximate surface area is 89.8 Å². The van der Waals surface area contributed by atoms with Gasteiger partial charge in [-0.25, -0.2) is 0 Å². The first-order chi connectivity index (χ1) is 7.30. The van der Waals surface area contributed by atoms with E-state index in [1.54, 1.807) is 0 Å². The minimum atomic E-state index is -0.776. The molecule has 0 aromatic carbocycles. The summed E-state index contributed by atoms with van der Waals surface area (Å²) in [6.07, 6.45) is 0. The van der Waals surface area contributed by atoms with Gasteiger partial charge in [0.05, 0.1) is 0 Å². The van der Waals surface area contributed by atoms with Crippen molar-refractivity contribution in [3.8, 4) is 0 Å². The van der Waals surface area contributed by atoms with E-state index in [1.807, 2.05) is 0 Å². The van der Waals surface area contributed by atoms with Crippen LogP contribution in [0.3, 0.4) is 0 Å². The highest BCUT2D eigenvalue weighted by atomic mass is 16.4. The number of carbonyl (C=O) groups is 1. The van der Waals surface area contributed by atoms with Gasteiger partial charge in [0.2, 0.25) is 0 Å². The largest absolute Gasteiger partial charge is 0.480 e. The Morgan fingerprint density at radius 1 is 0.933 bits per heavy atom. The SMILES string of the molecule is C1CNCCN1.O=C(O)C1CNCCN1. The maximum Gasteiger partial charge on any atom is 0.322 e. The van der Waals surface area contributed by atoms with Gasteiger partial charge in [0.25, 0.3) is 0 Å². The quantitative estimate of drug-likeness (QED) is 0.342. The van der Waals surface area contributed by atoms with Crippen molar-refractivity contribution in [2.75, 3.05) is 45.8 Å². The molecule has 2 saturated heterocycles. The van der Waals surface area contributed by atoms with Gasteiger partial charge in [-0.3, -0.25) is 4.79 Å². The molecule has 5 N–H and O–H groups in total. The molecule has 0 bridgehead atoms. The summed E-state index contributed by atoms with van der Waals surface area (Å²) in [6.45, 7) is 6.70. The van der Waals surface area contributed by atoms with E-state index in [4.69, 9.17) is 5.11 Å². The molecule has 6 heteroatoms. The lowest BCUT2D eigenvalue weighted by atomic mass is 10.2. The average Bonchev–Trinajstić information content (AvgIpc) is 2.33. The molecular formula is C9H20N4O2. The van der Waals surface area contributed by atoms with Crippen LogP contribution in [0, 0.1) is 0 Å². The lowest BCUT2D eigenvalue weighted by Gasteiger charge is -2.20. The lowest BCUT2D eigenvalue weighted by Crippen LogP contribution is -2.52. The minimum absolute atomic E-state index is 0.390. The Morgan fingerprint density at radius 2 is 1.47 bits per heavy atom. The first-order valence-corrected chi connectivity index (χ1v) is 5.39. The molecule has 0 aromatic rings. The highest BCUT2D eigenvalue weighted by Gasteiger charge is 2.18. The average molecular weight is 216 g/mol. The Bertz CT molecular complexity index is 167.